The lowest BCUT2D eigenvalue weighted by atomic mass is 10.1. The van der Waals surface area contributed by atoms with E-state index in [0.717, 1.165) is 22.6 Å². The summed E-state index contributed by atoms with van der Waals surface area (Å²) in [5.41, 5.74) is 8.56. The molecule has 1 atom stereocenters. The molecule has 2 aromatic carbocycles. The van der Waals surface area contributed by atoms with Crippen molar-refractivity contribution in [2.45, 2.75) is 26.1 Å². The number of carbonyl (C=O) groups excluding carboxylic acids is 1. The molecule has 0 spiro atoms. The summed E-state index contributed by atoms with van der Waals surface area (Å²) < 4.78 is 5.71. The highest BCUT2D eigenvalue weighted by atomic mass is 16.5. The first-order valence-corrected chi connectivity index (χ1v) is 7.04. The van der Waals surface area contributed by atoms with E-state index in [1.54, 1.807) is 11.8 Å². The van der Waals surface area contributed by atoms with Gasteiger partial charge in [-0.15, -0.1) is 0 Å². The average Bonchev–Trinajstić information content (AvgIpc) is 2.52. The van der Waals surface area contributed by atoms with Gasteiger partial charge in [0.1, 0.15) is 5.75 Å². The van der Waals surface area contributed by atoms with Crippen LogP contribution in [0.3, 0.4) is 0 Å². The second-order valence-electron chi connectivity index (χ2n) is 5.18. The molecule has 3 rings (SSSR count). The number of ether oxygens (including phenoxy) is 1. The van der Waals surface area contributed by atoms with E-state index in [1.165, 1.54) is 0 Å². The Hall–Kier alpha value is -2.33. The maximum Gasteiger partial charge on any atom is 0.268 e. The van der Waals surface area contributed by atoms with Crippen LogP contribution in [-0.2, 0) is 17.9 Å². The van der Waals surface area contributed by atoms with Crippen molar-refractivity contribution in [3.05, 3.63) is 59.7 Å². The monoisotopic (exact) mass is 282 g/mol. The number of hydrogen-bond donors (Lipinski definition) is 1. The predicted molar refractivity (Wildman–Crippen MR) is 82.1 cm³/mol. The summed E-state index contributed by atoms with van der Waals surface area (Å²) in [7, 11) is 0. The maximum atomic E-state index is 12.4. The van der Waals surface area contributed by atoms with Gasteiger partial charge in [0.2, 0.25) is 0 Å². The molecule has 0 aromatic heterocycles. The zero-order chi connectivity index (χ0) is 14.8. The summed E-state index contributed by atoms with van der Waals surface area (Å²) in [5, 5.41) is 0. The van der Waals surface area contributed by atoms with Crippen molar-refractivity contribution < 1.29 is 9.53 Å². The Balaban J connectivity index is 1.98. The van der Waals surface area contributed by atoms with Crippen LogP contribution in [0.2, 0.25) is 0 Å². The molecule has 1 aliphatic rings. The van der Waals surface area contributed by atoms with Gasteiger partial charge in [0, 0.05) is 6.54 Å². The van der Waals surface area contributed by atoms with Crippen LogP contribution in [-0.4, -0.2) is 12.0 Å². The summed E-state index contributed by atoms with van der Waals surface area (Å²) in [6.45, 7) is 2.78. The molecule has 1 aliphatic heterocycles. The molecular formula is C17H18N2O2. The molecule has 0 aliphatic carbocycles. The Kier molecular flexibility index (Phi) is 3.62. The number of hydrogen-bond acceptors (Lipinski definition) is 3. The van der Waals surface area contributed by atoms with E-state index in [0.29, 0.717) is 13.1 Å². The molecule has 2 N–H and O–H groups in total. The zero-order valence-corrected chi connectivity index (χ0v) is 12.0. The Morgan fingerprint density at radius 2 is 1.90 bits per heavy atom. The largest absolute Gasteiger partial charge is 0.479 e. The van der Waals surface area contributed by atoms with E-state index >= 15 is 0 Å². The summed E-state index contributed by atoms with van der Waals surface area (Å²) in [5.74, 6) is 0.702. The first-order valence-electron chi connectivity index (χ1n) is 7.04. The molecule has 0 fully saturated rings. The first kappa shape index (κ1) is 13.6. The molecule has 1 amide bonds. The number of nitrogens with two attached hydrogens (primary N) is 1. The van der Waals surface area contributed by atoms with Crippen molar-refractivity contribution >= 4 is 11.6 Å². The number of amides is 1. The van der Waals surface area contributed by atoms with E-state index < -0.39 is 6.10 Å². The summed E-state index contributed by atoms with van der Waals surface area (Å²) in [6.07, 6.45) is -0.478. The third kappa shape index (κ3) is 2.62. The SMILES string of the molecule is CC1Oc2cc(CN)ccc2N(Cc2ccccc2)C1=O. The minimum Gasteiger partial charge on any atom is -0.479 e. The molecule has 0 saturated heterocycles. The van der Waals surface area contributed by atoms with Gasteiger partial charge in [-0.2, -0.15) is 0 Å². The van der Waals surface area contributed by atoms with Crippen LogP contribution >= 0.6 is 0 Å². The first-order chi connectivity index (χ1) is 10.2. The van der Waals surface area contributed by atoms with Crippen molar-refractivity contribution in [2.24, 2.45) is 5.73 Å². The number of carbonyl (C=O) groups is 1. The second kappa shape index (κ2) is 5.58. The van der Waals surface area contributed by atoms with Crippen LogP contribution in [0.15, 0.2) is 48.5 Å². The fourth-order valence-electron chi connectivity index (χ4n) is 2.51. The van der Waals surface area contributed by atoms with Crippen molar-refractivity contribution in [3.63, 3.8) is 0 Å². The minimum absolute atomic E-state index is 0.0214. The van der Waals surface area contributed by atoms with Gasteiger partial charge in [0.15, 0.2) is 6.10 Å². The van der Waals surface area contributed by atoms with Crippen LogP contribution < -0.4 is 15.4 Å². The summed E-state index contributed by atoms with van der Waals surface area (Å²) in [4.78, 5) is 14.2. The van der Waals surface area contributed by atoms with Crippen molar-refractivity contribution in [3.8, 4) is 5.75 Å². The van der Waals surface area contributed by atoms with Gasteiger partial charge < -0.3 is 15.4 Å². The van der Waals surface area contributed by atoms with Gasteiger partial charge in [0.05, 0.1) is 12.2 Å². The normalized spacial score (nSPS) is 17.3. The predicted octanol–water partition coefficient (Wildman–Crippen LogP) is 2.46. The molecule has 2 aromatic rings. The smallest absolute Gasteiger partial charge is 0.268 e. The second-order valence-corrected chi connectivity index (χ2v) is 5.18. The van der Waals surface area contributed by atoms with E-state index in [1.807, 2.05) is 48.5 Å². The minimum atomic E-state index is -0.478. The third-order valence-corrected chi connectivity index (χ3v) is 3.65. The van der Waals surface area contributed by atoms with Gasteiger partial charge >= 0.3 is 0 Å². The van der Waals surface area contributed by atoms with Gasteiger partial charge in [0.25, 0.3) is 5.91 Å². The quantitative estimate of drug-likeness (QED) is 0.941. The zero-order valence-electron chi connectivity index (χ0n) is 12.0. The highest BCUT2D eigenvalue weighted by Gasteiger charge is 2.31. The molecule has 21 heavy (non-hydrogen) atoms. The molecule has 108 valence electrons. The maximum absolute atomic E-state index is 12.4. The van der Waals surface area contributed by atoms with Crippen LogP contribution in [0.1, 0.15) is 18.1 Å². The fourth-order valence-corrected chi connectivity index (χ4v) is 2.51. The number of benzene rings is 2. The Labute approximate surface area is 124 Å². The van der Waals surface area contributed by atoms with E-state index in [4.69, 9.17) is 10.5 Å². The number of fused-ring (bicyclic) bond motifs is 1. The number of nitrogens with zero attached hydrogens (tertiary/aromatic N) is 1. The topological polar surface area (TPSA) is 55.6 Å². The number of rotatable bonds is 3. The van der Waals surface area contributed by atoms with Crippen molar-refractivity contribution in [2.75, 3.05) is 4.90 Å². The van der Waals surface area contributed by atoms with Crippen molar-refractivity contribution in [1.82, 2.24) is 0 Å². The lowest BCUT2D eigenvalue weighted by Gasteiger charge is -2.33. The number of anilines is 1. The molecule has 0 radical (unpaired) electrons. The Morgan fingerprint density at radius 1 is 1.14 bits per heavy atom. The molecule has 4 heteroatoms. The van der Waals surface area contributed by atoms with Gasteiger partial charge in [-0.05, 0) is 30.2 Å². The lowest BCUT2D eigenvalue weighted by molar-refractivity contribution is -0.125. The molecule has 1 unspecified atom stereocenters. The average molecular weight is 282 g/mol. The van der Waals surface area contributed by atoms with Crippen LogP contribution in [0.5, 0.6) is 5.75 Å². The summed E-state index contributed by atoms with van der Waals surface area (Å²) in [6, 6.07) is 15.7. The van der Waals surface area contributed by atoms with Crippen LogP contribution in [0, 0.1) is 0 Å². The highest BCUT2D eigenvalue weighted by Crippen LogP contribution is 2.35. The Morgan fingerprint density at radius 3 is 2.62 bits per heavy atom. The highest BCUT2D eigenvalue weighted by molar-refractivity contribution is 5.99. The molecular weight excluding hydrogens is 264 g/mol. The third-order valence-electron chi connectivity index (χ3n) is 3.65. The van der Waals surface area contributed by atoms with E-state index in [-0.39, 0.29) is 5.91 Å². The molecule has 4 nitrogen and oxygen atoms in total. The van der Waals surface area contributed by atoms with Gasteiger partial charge in [-0.25, -0.2) is 0 Å². The fraction of sp³-hybridized carbons (Fsp3) is 0.235. The van der Waals surface area contributed by atoms with Crippen LogP contribution in [0.25, 0.3) is 0 Å². The van der Waals surface area contributed by atoms with E-state index in [9.17, 15) is 4.79 Å². The van der Waals surface area contributed by atoms with E-state index in [2.05, 4.69) is 0 Å². The standard InChI is InChI=1S/C17H18N2O2/c1-12-17(20)19(11-13-5-3-2-4-6-13)15-8-7-14(10-18)9-16(15)21-12/h2-9,12H,10-11,18H2,1H3. The molecule has 0 saturated carbocycles. The molecule has 0 bridgehead atoms. The summed E-state index contributed by atoms with van der Waals surface area (Å²) >= 11 is 0. The van der Waals surface area contributed by atoms with Crippen LogP contribution in [0.4, 0.5) is 5.69 Å². The molecule has 1 heterocycles. The lowest BCUT2D eigenvalue weighted by Crippen LogP contribution is -2.44. The van der Waals surface area contributed by atoms with Gasteiger partial charge in [-0.1, -0.05) is 36.4 Å². The van der Waals surface area contributed by atoms with Crippen molar-refractivity contribution in [1.29, 1.82) is 0 Å². The Bertz CT molecular complexity index is 655. The van der Waals surface area contributed by atoms with Gasteiger partial charge in [-0.3, -0.25) is 4.79 Å².